The van der Waals surface area contributed by atoms with Crippen molar-refractivity contribution in [1.82, 2.24) is 5.32 Å². The first kappa shape index (κ1) is 9.01. The molecule has 0 aromatic heterocycles. The van der Waals surface area contributed by atoms with Crippen LogP contribution >= 0.6 is 0 Å². The smallest absolute Gasteiger partial charge is 0.0613 e. The van der Waals surface area contributed by atoms with Crippen LogP contribution in [0.3, 0.4) is 0 Å². The van der Waals surface area contributed by atoms with Gasteiger partial charge in [-0.3, -0.25) is 0 Å². The molecule has 1 rings (SSSR count). The molecule has 1 fully saturated rings. The molecule has 3 atom stereocenters. The zero-order valence-electron chi connectivity index (χ0n) is 7.76. The van der Waals surface area contributed by atoms with E-state index in [-0.39, 0.29) is 0 Å². The van der Waals surface area contributed by atoms with Gasteiger partial charge >= 0.3 is 0 Å². The number of rotatable bonds is 5. The van der Waals surface area contributed by atoms with E-state index in [1.165, 1.54) is 13.0 Å². The first-order valence-electron chi connectivity index (χ1n) is 4.46. The third-order valence-corrected chi connectivity index (χ3v) is 2.42. The Kier molecular flexibility index (Phi) is 3.34. The van der Waals surface area contributed by atoms with Crippen LogP contribution in [-0.4, -0.2) is 26.3 Å². The summed E-state index contributed by atoms with van der Waals surface area (Å²) in [6, 6.07) is 0.507. The molecule has 3 unspecified atom stereocenters. The predicted molar refractivity (Wildman–Crippen MR) is 46.6 cm³/mol. The van der Waals surface area contributed by atoms with E-state index in [0.717, 1.165) is 18.4 Å². The van der Waals surface area contributed by atoms with E-state index in [9.17, 15) is 0 Å². The van der Waals surface area contributed by atoms with Crippen molar-refractivity contribution in [2.75, 3.05) is 20.3 Å². The molecule has 1 saturated carbocycles. The highest BCUT2D eigenvalue weighted by Gasteiger charge is 2.31. The van der Waals surface area contributed by atoms with Crippen LogP contribution in [0.25, 0.3) is 0 Å². The van der Waals surface area contributed by atoms with Gasteiger partial charge in [0.25, 0.3) is 0 Å². The molecule has 1 aliphatic carbocycles. The van der Waals surface area contributed by atoms with Gasteiger partial charge in [-0.25, -0.2) is 0 Å². The molecule has 0 spiro atoms. The van der Waals surface area contributed by atoms with Crippen LogP contribution in [0.4, 0.5) is 0 Å². The van der Waals surface area contributed by atoms with Crippen molar-refractivity contribution >= 4 is 0 Å². The normalized spacial score (nSPS) is 31.9. The molecule has 0 radical (unpaired) electrons. The van der Waals surface area contributed by atoms with Gasteiger partial charge in [0.1, 0.15) is 0 Å². The Bertz CT molecular complexity index is 116. The Morgan fingerprint density at radius 2 is 2.27 bits per heavy atom. The van der Waals surface area contributed by atoms with E-state index < -0.39 is 0 Å². The molecule has 1 N–H and O–H groups in total. The minimum Gasteiger partial charge on any atom is -0.383 e. The molecular weight excluding hydrogens is 138 g/mol. The van der Waals surface area contributed by atoms with Crippen molar-refractivity contribution in [3.8, 4) is 0 Å². The van der Waals surface area contributed by atoms with E-state index in [2.05, 4.69) is 19.2 Å². The molecule has 1 aliphatic rings. The summed E-state index contributed by atoms with van der Waals surface area (Å²) in [6.07, 6.45) is 1.41. The molecule has 0 aromatic rings. The Balaban J connectivity index is 1.94. The Morgan fingerprint density at radius 1 is 1.64 bits per heavy atom. The van der Waals surface area contributed by atoms with Crippen molar-refractivity contribution in [3.63, 3.8) is 0 Å². The minimum atomic E-state index is 0.507. The fraction of sp³-hybridized carbons (Fsp3) is 1.00. The van der Waals surface area contributed by atoms with Gasteiger partial charge in [-0.05, 0) is 31.7 Å². The molecule has 0 aliphatic heterocycles. The van der Waals surface area contributed by atoms with Crippen LogP contribution in [0, 0.1) is 11.8 Å². The summed E-state index contributed by atoms with van der Waals surface area (Å²) in [7, 11) is 1.75. The number of methoxy groups -OCH3 is 1. The summed E-state index contributed by atoms with van der Waals surface area (Å²) < 4.78 is 5.02. The lowest BCUT2D eigenvalue weighted by atomic mass is 10.3. The second kappa shape index (κ2) is 4.07. The molecule has 0 amide bonds. The zero-order valence-corrected chi connectivity index (χ0v) is 7.76. The van der Waals surface area contributed by atoms with Crippen molar-refractivity contribution in [2.45, 2.75) is 26.3 Å². The molecule has 2 nitrogen and oxygen atoms in total. The summed E-state index contributed by atoms with van der Waals surface area (Å²) in [5.41, 5.74) is 0. The molecule has 0 aromatic carbocycles. The van der Waals surface area contributed by atoms with Crippen LogP contribution in [0.15, 0.2) is 0 Å². The highest BCUT2D eigenvalue weighted by molar-refractivity contribution is 4.84. The van der Waals surface area contributed by atoms with Gasteiger partial charge in [-0.1, -0.05) is 6.92 Å². The zero-order chi connectivity index (χ0) is 8.27. The predicted octanol–water partition coefficient (Wildman–Crippen LogP) is 1.27. The largest absolute Gasteiger partial charge is 0.383 e. The molecular formula is C9H19NO. The SMILES string of the molecule is COCC(C)NCC1CC1C. The summed E-state index contributed by atoms with van der Waals surface area (Å²) in [5, 5.41) is 3.45. The first-order valence-corrected chi connectivity index (χ1v) is 4.46. The van der Waals surface area contributed by atoms with E-state index in [0.29, 0.717) is 6.04 Å². The maximum Gasteiger partial charge on any atom is 0.0613 e. The third-order valence-electron chi connectivity index (χ3n) is 2.42. The minimum absolute atomic E-state index is 0.507. The van der Waals surface area contributed by atoms with E-state index in [4.69, 9.17) is 4.74 Å². The van der Waals surface area contributed by atoms with Crippen molar-refractivity contribution in [1.29, 1.82) is 0 Å². The van der Waals surface area contributed by atoms with Crippen LogP contribution < -0.4 is 5.32 Å². The van der Waals surface area contributed by atoms with Crippen LogP contribution in [0.1, 0.15) is 20.3 Å². The summed E-state index contributed by atoms with van der Waals surface area (Å²) >= 11 is 0. The maximum atomic E-state index is 5.02. The van der Waals surface area contributed by atoms with Gasteiger partial charge in [0.15, 0.2) is 0 Å². The van der Waals surface area contributed by atoms with Crippen LogP contribution in [0.2, 0.25) is 0 Å². The fourth-order valence-electron chi connectivity index (χ4n) is 1.34. The van der Waals surface area contributed by atoms with E-state index >= 15 is 0 Å². The highest BCUT2D eigenvalue weighted by Crippen LogP contribution is 2.36. The van der Waals surface area contributed by atoms with Gasteiger partial charge in [-0.2, -0.15) is 0 Å². The van der Waals surface area contributed by atoms with Crippen molar-refractivity contribution < 1.29 is 4.74 Å². The summed E-state index contributed by atoms with van der Waals surface area (Å²) in [4.78, 5) is 0. The lowest BCUT2D eigenvalue weighted by Crippen LogP contribution is -2.31. The monoisotopic (exact) mass is 157 g/mol. The average Bonchev–Trinajstić information content (AvgIpc) is 2.63. The van der Waals surface area contributed by atoms with E-state index in [1.54, 1.807) is 7.11 Å². The first-order chi connectivity index (χ1) is 5.24. The second-order valence-corrected chi connectivity index (χ2v) is 3.74. The average molecular weight is 157 g/mol. The number of hydrogen-bond donors (Lipinski definition) is 1. The Labute approximate surface area is 69.3 Å². The molecule has 0 heterocycles. The third kappa shape index (κ3) is 3.21. The van der Waals surface area contributed by atoms with Crippen LogP contribution in [-0.2, 0) is 4.74 Å². The lowest BCUT2D eigenvalue weighted by Gasteiger charge is -2.11. The van der Waals surface area contributed by atoms with Gasteiger partial charge in [0, 0.05) is 13.2 Å². The van der Waals surface area contributed by atoms with Gasteiger partial charge < -0.3 is 10.1 Å². The highest BCUT2D eigenvalue weighted by atomic mass is 16.5. The Morgan fingerprint density at radius 3 is 2.73 bits per heavy atom. The maximum absolute atomic E-state index is 5.02. The number of nitrogens with one attached hydrogen (secondary N) is 1. The van der Waals surface area contributed by atoms with Gasteiger partial charge in [0.05, 0.1) is 6.61 Å². The summed E-state index contributed by atoms with van der Waals surface area (Å²) in [5.74, 6) is 1.89. The molecule has 66 valence electrons. The van der Waals surface area contributed by atoms with Crippen molar-refractivity contribution in [2.24, 2.45) is 11.8 Å². The molecule has 2 heteroatoms. The fourth-order valence-corrected chi connectivity index (χ4v) is 1.34. The van der Waals surface area contributed by atoms with Crippen molar-refractivity contribution in [3.05, 3.63) is 0 Å². The standard InChI is InChI=1S/C9H19NO/c1-7-4-9(7)5-10-8(2)6-11-3/h7-10H,4-6H2,1-3H3. The van der Waals surface area contributed by atoms with Gasteiger partial charge in [-0.15, -0.1) is 0 Å². The lowest BCUT2D eigenvalue weighted by molar-refractivity contribution is 0.171. The molecule has 11 heavy (non-hydrogen) atoms. The topological polar surface area (TPSA) is 21.3 Å². The van der Waals surface area contributed by atoms with E-state index in [1.807, 2.05) is 0 Å². The van der Waals surface area contributed by atoms with Gasteiger partial charge in [0.2, 0.25) is 0 Å². The quantitative estimate of drug-likeness (QED) is 0.649. The Hall–Kier alpha value is -0.0800. The molecule has 0 bridgehead atoms. The molecule has 0 saturated heterocycles. The van der Waals surface area contributed by atoms with Crippen LogP contribution in [0.5, 0.6) is 0 Å². The number of hydrogen-bond acceptors (Lipinski definition) is 2. The second-order valence-electron chi connectivity index (χ2n) is 3.74. The summed E-state index contributed by atoms with van der Waals surface area (Å²) in [6.45, 7) is 6.47. The number of ether oxygens (including phenoxy) is 1.